The summed E-state index contributed by atoms with van der Waals surface area (Å²) in [6.45, 7) is 2.42. The number of ether oxygens (including phenoxy) is 1. The maximum Gasteiger partial charge on any atom is 0.195 e. The van der Waals surface area contributed by atoms with Crippen LogP contribution in [0.4, 0.5) is 8.78 Å². The summed E-state index contributed by atoms with van der Waals surface area (Å²) in [7, 11) is 0. The zero-order valence-electron chi connectivity index (χ0n) is 9.75. The highest BCUT2D eigenvalue weighted by Gasteiger charge is 2.38. The largest absolute Gasteiger partial charge is 0.362 e. The van der Waals surface area contributed by atoms with Crippen LogP contribution in [0.25, 0.3) is 0 Å². The molecule has 1 aromatic carbocycles. The lowest BCUT2D eigenvalue weighted by atomic mass is 9.90. The molecular weight excluding hydrogens is 226 g/mol. The molecule has 1 saturated heterocycles. The molecule has 2 atom stereocenters. The molecule has 0 aliphatic carbocycles. The average Bonchev–Trinajstić information content (AvgIpc) is 2.33. The van der Waals surface area contributed by atoms with Crippen molar-refractivity contribution in [3.8, 4) is 0 Å². The van der Waals surface area contributed by atoms with E-state index in [0.717, 1.165) is 18.9 Å². The van der Waals surface area contributed by atoms with Crippen LogP contribution >= 0.6 is 0 Å². The molecule has 0 amide bonds. The first kappa shape index (κ1) is 12.5. The third kappa shape index (κ3) is 2.33. The van der Waals surface area contributed by atoms with E-state index in [1.165, 1.54) is 12.1 Å². The number of rotatable bonds is 2. The third-order valence-electron chi connectivity index (χ3n) is 3.40. The maximum atomic E-state index is 13.6. The van der Waals surface area contributed by atoms with Gasteiger partial charge in [-0.15, -0.1) is 0 Å². The fourth-order valence-corrected chi connectivity index (χ4v) is 2.15. The van der Waals surface area contributed by atoms with Crippen molar-refractivity contribution in [2.24, 2.45) is 5.92 Å². The van der Waals surface area contributed by atoms with Crippen LogP contribution in [0.2, 0.25) is 0 Å². The highest BCUT2D eigenvalue weighted by Crippen LogP contribution is 2.37. The zero-order chi connectivity index (χ0) is 12.5. The normalized spacial score (nSPS) is 29.3. The summed E-state index contributed by atoms with van der Waals surface area (Å²) in [5.74, 6) is -3.29. The number of hydrogen-bond acceptors (Lipinski definition) is 2. The molecule has 0 aromatic heterocycles. The van der Waals surface area contributed by atoms with E-state index < -0.39 is 17.4 Å². The monoisotopic (exact) mass is 242 g/mol. The van der Waals surface area contributed by atoms with Crippen LogP contribution in [0, 0.1) is 17.6 Å². The molecule has 0 bridgehead atoms. The summed E-state index contributed by atoms with van der Waals surface area (Å²) < 4.78 is 32.0. The fourth-order valence-electron chi connectivity index (χ4n) is 2.15. The molecule has 0 spiro atoms. The Balaban J connectivity index is 2.24. The second-order valence-corrected chi connectivity index (χ2v) is 4.51. The van der Waals surface area contributed by atoms with Crippen molar-refractivity contribution in [3.63, 3.8) is 0 Å². The first-order chi connectivity index (χ1) is 8.07. The molecule has 17 heavy (non-hydrogen) atoms. The van der Waals surface area contributed by atoms with Gasteiger partial charge in [0.25, 0.3) is 0 Å². The van der Waals surface area contributed by atoms with Gasteiger partial charge in [0.2, 0.25) is 0 Å². The molecule has 0 radical (unpaired) electrons. The molecule has 94 valence electrons. The van der Waals surface area contributed by atoms with Gasteiger partial charge >= 0.3 is 0 Å². The molecule has 1 fully saturated rings. The van der Waals surface area contributed by atoms with Crippen molar-refractivity contribution in [2.45, 2.75) is 32.0 Å². The molecule has 2 rings (SSSR count). The summed E-state index contributed by atoms with van der Waals surface area (Å²) in [5, 5.41) is 10.2. The van der Waals surface area contributed by atoms with Crippen LogP contribution in [0.3, 0.4) is 0 Å². The Morgan fingerprint density at radius 2 is 2.24 bits per heavy atom. The molecule has 2 unspecified atom stereocenters. The predicted octanol–water partition coefficient (Wildman–Crippen LogP) is 2.95. The number of benzene rings is 1. The Kier molecular flexibility index (Phi) is 3.45. The number of aliphatic hydroxyl groups is 1. The number of hydrogen-bond donors (Lipinski definition) is 1. The van der Waals surface area contributed by atoms with Gasteiger partial charge in [0, 0.05) is 12.0 Å². The minimum Gasteiger partial charge on any atom is -0.362 e. The van der Waals surface area contributed by atoms with E-state index in [9.17, 15) is 13.9 Å². The van der Waals surface area contributed by atoms with Gasteiger partial charge in [0.05, 0.1) is 6.61 Å². The molecule has 2 nitrogen and oxygen atoms in total. The first-order valence-electron chi connectivity index (χ1n) is 5.87. The van der Waals surface area contributed by atoms with E-state index in [2.05, 4.69) is 0 Å². The van der Waals surface area contributed by atoms with Crippen LogP contribution in [0.5, 0.6) is 0 Å². The lowest BCUT2D eigenvalue weighted by Gasteiger charge is -2.36. The quantitative estimate of drug-likeness (QED) is 0.864. The van der Waals surface area contributed by atoms with Gasteiger partial charge in [-0.05, 0) is 18.4 Å². The summed E-state index contributed by atoms with van der Waals surface area (Å²) in [4.78, 5) is 0. The molecule has 1 heterocycles. The third-order valence-corrected chi connectivity index (χ3v) is 3.40. The molecular formula is C13H16F2O2. The topological polar surface area (TPSA) is 29.5 Å². The molecule has 1 aliphatic rings. The standard InChI is InChI=1S/C13H16F2O2/c1-2-9-6-7-13(16,17-8-9)10-4-3-5-11(14)12(10)15/h3-5,9,16H,2,6-8H2,1H3. The van der Waals surface area contributed by atoms with E-state index in [1.54, 1.807) is 0 Å². The molecule has 0 saturated carbocycles. The van der Waals surface area contributed by atoms with Gasteiger partial charge < -0.3 is 9.84 Å². The van der Waals surface area contributed by atoms with Crippen molar-refractivity contribution in [1.82, 2.24) is 0 Å². The van der Waals surface area contributed by atoms with Gasteiger partial charge in [0.1, 0.15) is 0 Å². The van der Waals surface area contributed by atoms with Gasteiger partial charge in [-0.3, -0.25) is 0 Å². The van der Waals surface area contributed by atoms with Crippen LogP contribution in [-0.4, -0.2) is 11.7 Å². The summed E-state index contributed by atoms with van der Waals surface area (Å²) in [5.41, 5.74) is -0.105. The van der Waals surface area contributed by atoms with Crippen molar-refractivity contribution in [2.75, 3.05) is 6.61 Å². The Morgan fingerprint density at radius 1 is 1.47 bits per heavy atom. The van der Waals surface area contributed by atoms with Crippen molar-refractivity contribution in [1.29, 1.82) is 0 Å². The smallest absolute Gasteiger partial charge is 0.195 e. The van der Waals surface area contributed by atoms with E-state index in [1.807, 2.05) is 6.92 Å². The molecule has 4 heteroatoms. The Morgan fingerprint density at radius 3 is 2.82 bits per heavy atom. The lowest BCUT2D eigenvalue weighted by molar-refractivity contribution is -0.247. The average molecular weight is 242 g/mol. The molecule has 1 N–H and O–H groups in total. The van der Waals surface area contributed by atoms with Crippen molar-refractivity contribution >= 4 is 0 Å². The van der Waals surface area contributed by atoms with Gasteiger partial charge in [-0.2, -0.15) is 0 Å². The van der Waals surface area contributed by atoms with Gasteiger partial charge in [-0.1, -0.05) is 25.5 Å². The second kappa shape index (κ2) is 4.70. The lowest BCUT2D eigenvalue weighted by Crippen LogP contribution is -2.37. The van der Waals surface area contributed by atoms with Gasteiger partial charge in [0.15, 0.2) is 17.4 Å². The summed E-state index contributed by atoms with van der Waals surface area (Å²) >= 11 is 0. The zero-order valence-corrected chi connectivity index (χ0v) is 9.75. The van der Waals surface area contributed by atoms with E-state index in [-0.39, 0.29) is 5.56 Å². The minimum atomic E-state index is -1.68. The van der Waals surface area contributed by atoms with Crippen LogP contribution in [0.1, 0.15) is 31.7 Å². The number of halogens is 2. The van der Waals surface area contributed by atoms with E-state index >= 15 is 0 Å². The van der Waals surface area contributed by atoms with Crippen LogP contribution in [-0.2, 0) is 10.5 Å². The van der Waals surface area contributed by atoms with Crippen molar-refractivity contribution in [3.05, 3.63) is 35.4 Å². The highest BCUT2D eigenvalue weighted by molar-refractivity contribution is 5.23. The first-order valence-corrected chi connectivity index (χ1v) is 5.87. The fraction of sp³-hybridized carbons (Fsp3) is 0.538. The minimum absolute atomic E-state index is 0.105. The molecule has 1 aromatic rings. The van der Waals surface area contributed by atoms with Gasteiger partial charge in [-0.25, -0.2) is 8.78 Å². The molecule has 1 aliphatic heterocycles. The van der Waals surface area contributed by atoms with Crippen LogP contribution < -0.4 is 0 Å². The van der Waals surface area contributed by atoms with E-state index in [4.69, 9.17) is 4.74 Å². The Bertz CT molecular complexity index is 398. The van der Waals surface area contributed by atoms with E-state index in [0.29, 0.717) is 18.9 Å². The summed E-state index contributed by atoms with van der Waals surface area (Å²) in [6, 6.07) is 3.77. The van der Waals surface area contributed by atoms with Crippen molar-refractivity contribution < 1.29 is 18.6 Å². The highest BCUT2D eigenvalue weighted by atomic mass is 19.2. The Labute approximate surface area is 99.2 Å². The Hall–Kier alpha value is -1.00. The van der Waals surface area contributed by atoms with Crippen LogP contribution in [0.15, 0.2) is 18.2 Å². The predicted molar refractivity (Wildman–Crippen MR) is 59.2 cm³/mol. The second-order valence-electron chi connectivity index (χ2n) is 4.51. The maximum absolute atomic E-state index is 13.6. The summed E-state index contributed by atoms with van der Waals surface area (Å²) in [6.07, 6.45) is 2.01. The SMILES string of the molecule is CCC1CCC(O)(c2cccc(F)c2F)OC1.